The highest BCUT2D eigenvalue weighted by Crippen LogP contribution is 2.16. The van der Waals surface area contributed by atoms with Crippen molar-refractivity contribution in [3.8, 4) is 0 Å². The van der Waals surface area contributed by atoms with E-state index in [0.717, 1.165) is 11.1 Å². The van der Waals surface area contributed by atoms with Gasteiger partial charge < -0.3 is 10.1 Å². The lowest BCUT2D eigenvalue weighted by molar-refractivity contribution is -0.111. The molecule has 0 aliphatic carbocycles. The first kappa shape index (κ1) is 15.5. The van der Waals surface area contributed by atoms with Gasteiger partial charge >= 0.3 is 5.97 Å². The molecule has 4 nitrogen and oxygen atoms in total. The maximum atomic E-state index is 12.0. The molecule has 0 atom stereocenters. The molecule has 4 heteroatoms. The normalized spacial score (nSPS) is 10.5. The highest BCUT2D eigenvalue weighted by molar-refractivity contribution is 6.06. The van der Waals surface area contributed by atoms with Gasteiger partial charge in [0, 0.05) is 6.08 Å². The predicted octanol–water partition coefficient (Wildman–Crippen LogP) is 3.43. The molecule has 0 fully saturated rings. The van der Waals surface area contributed by atoms with Crippen LogP contribution in [0, 0.1) is 6.92 Å². The number of methoxy groups -OCH3 is 1. The molecular formula is C18H17NO3. The minimum atomic E-state index is -0.488. The molecule has 0 bridgehead atoms. The Morgan fingerprint density at radius 1 is 1.05 bits per heavy atom. The van der Waals surface area contributed by atoms with Gasteiger partial charge in [-0.25, -0.2) is 4.79 Å². The third-order valence-corrected chi connectivity index (χ3v) is 3.09. The minimum Gasteiger partial charge on any atom is -0.465 e. The second kappa shape index (κ2) is 7.22. The number of carbonyl (C=O) groups is 2. The van der Waals surface area contributed by atoms with Gasteiger partial charge in [-0.1, -0.05) is 42.0 Å². The summed E-state index contributed by atoms with van der Waals surface area (Å²) in [4.78, 5) is 23.6. The lowest BCUT2D eigenvalue weighted by atomic mass is 10.1. The summed E-state index contributed by atoms with van der Waals surface area (Å²) in [6.45, 7) is 2.00. The molecule has 112 valence electrons. The fourth-order valence-electron chi connectivity index (χ4n) is 1.90. The summed E-state index contributed by atoms with van der Waals surface area (Å²) in [6.07, 6.45) is 3.15. The minimum absolute atomic E-state index is 0.308. The molecule has 0 saturated carbocycles. The number of hydrogen-bond donors (Lipinski definition) is 1. The van der Waals surface area contributed by atoms with Crippen molar-refractivity contribution in [2.45, 2.75) is 6.92 Å². The molecule has 0 aliphatic heterocycles. The number of rotatable bonds is 4. The maximum absolute atomic E-state index is 12.0. The molecule has 0 heterocycles. The molecule has 2 rings (SSSR count). The molecule has 2 aromatic rings. The quantitative estimate of drug-likeness (QED) is 0.694. The van der Waals surface area contributed by atoms with E-state index in [1.165, 1.54) is 13.2 Å². The van der Waals surface area contributed by atoms with Crippen molar-refractivity contribution in [3.05, 3.63) is 71.3 Å². The Hall–Kier alpha value is -2.88. The summed E-state index contributed by atoms with van der Waals surface area (Å²) in [5.41, 5.74) is 2.84. The van der Waals surface area contributed by atoms with E-state index in [0.29, 0.717) is 11.3 Å². The smallest absolute Gasteiger partial charge is 0.339 e. The summed E-state index contributed by atoms with van der Waals surface area (Å²) < 4.78 is 4.69. The van der Waals surface area contributed by atoms with Gasteiger partial charge in [-0.15, -0.1) is 0 Å². The van der Waals surface area contributed by atoms with Gasteiger partial charge in [0.15, 0.2) is 0 Å². The number of esters is 1. The second-order valence-corrected chi connectivity index (χ2v) is 4.77. The monoisotopic (exact) mass is 295 g/mol. The van der Waals surface area contributed by atoms with E-state index in [4.69, 9.17) is 4.74 Å². The predicted molar refractivity (Wildman–Crippen MR) is 86.6 cm³/mol. The molecule has 0 saturated heterocycles. The third kappa shape index (κ3) is 4.06. The van der Waals surface area contributed by atoms with Gasteiger partial charge in [-0.3, -0.25) is 4.79 Å². The van der Waals surface area contributed by atoms with Gasteiger partial charge in [0.25, 0.3) is 0 Å². The van der Waals surface area contributed by atoms with Gasteiger partial charge in [0.05, 0.1) is 18.4 Å². The first-order valence-corrected chi connectivity index (χ1v) is 6.83. The number of amides is 1. The summed E-state index contributed by atoms with van der Waals surface area (Å²) in [5, 5.41) is 2.68. The van der Waals surface area contributed by atoms with E-state index in [1.54, 1.807) is 30.3 Å². The zero-order valence-electron chi connectivity index (χ0n) is 12.5. The van der Waals surface area contributed by atoms with Crippen LogP contribution in [0.2, 0.25) is 0 Å². The topological polar surface area (TPSA) is 55.4 Å². The Labute approximate surface area is 129 Å². The first-order valence-electron chi connectivity index (χ1n) is 6.83. The summed E-state index contributed by atoms with van der Waals surface area (Å²) in [5.74, 6) is -0.796. The Morgan fingerprint density at radius 2 is 1.73 bits per heavy atom. The SMILES string of the molecule is COC(=O)c1ccccc1NC(=O)/C=C/c1ccc(C)cc1. The van der Waals surface area contributed by atoms with Crippen molar-refractivity contribution in [3.63, 3.8) is 0 Å². The molecule has 1 N–H and O–H groups in total. The molecule has 2 aromatic carbocycles. The van der Waals surface area contributed by atoms with Crippen LogP contribution in [0.25, 0.3) is 6.08 Å². The van der Waals surface area contributed by atoms with E-state index in [9.17, 15) is 9.59 Å². The van der Waals surface area contributed by atoms with Gasteiger partial charge in [-0.05, 0) is 30.7 Å². The number of nitrogens with one attached hydrogen (secondary N) is 1. The number of ether oxygens (including phenoxy) is 1. The molecule has 0 unspecified atom stereocenters. The van der Waals surface area contributed by atoms with Crippen molar-refractivity contribution < 1.29 is 14.3 Å². The van der Waals surface area contributed by atoms with Crippen molar-refractivity contribution in [2.24, 2.45) is 0 Å². The van der Waals surface area contributed by atoms with Crippen molar-refractivity contribution in [1.82, 2.24) is 0 Å². The number of anilines is 1. The Morgan fingerprint density at radius 3 is 2.41 bits per heavy atom. The summed E-state index contributed by atoms with van der Waals surface area (Å²) >= 11 is 0. The fraction of sp³-hybridized carbons (Fsp3) is 0.111. The maximum Gasteiger partial charge on any atom is 0.339 e. The van der Waals surface area contributed by atoms with Crippen LogP contribution in [0.3, 0.4) is 0 Å². The third-order valence-electron chi connectivity index (χ3n) is 3.09. The van der Waals surface area contributed by atoms with Gasteiger partial charge in [0.2, 0.25) is 5.91 Å². The molecule has 0 aliphatic rings. The van der Waals surface area contributed by atoms with Crippen LogP contribution in [0.5, 0.6) is 0 Å². The molecule has 0 radical (unpaired) electrons. The number of benzene rings is 2. The molecule has 1 amide bonds. The lowest BCUT2D eigenvalue weighted by Crippen LogP contribution is -2.12. The average molecular weight is 295 g/mol. The zero-order chi connectivity index (χ0) is 15.9. The standard InChI is InChI=1S/C18H17NO3/c1-13-7-9-14(10-8-13)11-12-17(20)19-16-6-4-3-5-15(16)18(21)22-2/h3-12H,1-2H3,(H,19,20)/b12-11+. The number of para-hydroxylation sites is 1. The Kier molecular flexibility index (Phi) is 5.09. The van der Waals surface area contributed by atoms with Crippen LogP contribution in [0.1, 0.15) is 21.5 Å². The van der Waals surface area contributed by atoms with Crippen LogP contribution in [-0.2, 0) is 9.53 Å². The van der Waals surface area contributed by atoms with Crippen LogP contribution in [-0.4, -0.2) is 19.0 Å². The highest BCUT2D eigenvalue weighted by Gasteiger charge is 2.11. The largest absolute Gasteiger partial charge is 0.465 e. The van der Waals surface area contributed by atoms with Crippen LogP contribution in [0.15, 0.2) is 54.6 Å². The van der Waals surface area contributed by atoms with Crippen molar-refractivity contribution in [2.75, 3.05) is 12.4 Å². The average Bonchev–Trinajstić information content (AvgIpc) is 2.54. The summed E-state index contributed by atoms with van der Waals surface area (Å²) in [6, 6.07) is 14.5. The van der Waals surface area contributed by atoms with E-state index in [1.807, 2.05) is 31.2 Å². The number of hydrogen-bond acceptors (Lipinski definition) is 3. The van der Waals surface area contributed by atoms with E-state index < -0.39 is 5.97 Å². The summed E-state index contributed by atoms with van der Waals surface area (Å²) in [7, 11) is 1.30. The van der Waals surface area contributed by atoms with E-state index >= 15 is 0 Å². The van der Waals surface area contributed by atoms with Crippen LogP contribution < -0.4 is 5.32 Å². The van der Waals surface area contributed by atoms with Crippen LogP contribution >= 0.6 is 0 Å². The lowest BCUT2D eigenvalue weighted by Gasteiger charge is -2.07. The second-order valence-electron chi connectivity index (χ2n) is 4.77. The fourth-order valence-corrected chi connectivity index (χ4v) is 1.90. The molecule has 22 heavy (non-hydrogen) atoms. The Balaban J connectivity index is 2.09. The zero-order valence-corrected chi connectivity index (χ0v) is 12.5. The van der Waals surface area contributed by atoms with E-state index in [2.05, 4.69) is 5.32 Å². The van der Waals surface area contributed by atoms with Crippen molar-refractivity contribution in [1.29, 1.82) is 0 Å². The highest BCUT2D eigenvalue weighted by atomic mass is 16.5. The molecular weight excluding hydrogens is 278 g/mol. The Bertz CT molecular complexity index is 703. The first-order chi connectivity index (χ1) is 10.6. The van der Waals surface area contributed by atoms with Gasteiger partial charge in [-0.2, -0.15) is 0 Å². The number of carbonyl (C=O) groups excluding carboxylic acids is 2. The van der Waals surface area contributed by atoms with Crippen LogP contribution in [0.4, 0.5) is 5.69 Å². The number of aryl methyl sites for hydroxylation is 1. The van der Waals surface area contributed by atoms with Crippen molar-refractivity contribution >= 4 is 23.6 Å². The van der Waals surface area contributed by atoms with E-state index in [-0.39, 0.29) is 5.91 Å². The molecule has 0 spiro atoms. The molecule has 0 aromatic heterocycles. The van der Waals surface area contributed by atoms with Gasteiger partial charge in [0.1, 0.15) is 0 Å².